The highest BCUT2D eigenvalue weighted by Crippen LogP contribution is 2.19. The maximum atomic E-state index is 6.36. The lowest BCUT2D eigenvalue weighted by atomic mass is 10.0. The Balaban J connectivity index is 2.26. The van der Waals surface area contributed by atoms with Crippen LogP contribution in [0, 0.1) is 0 Å². The van der Waals surface area contributed by atoms with Crippen LogP contribution in [0.15, 0.2) is 48.1 Å². The topological polar surface area (TPSA) is 18.5 Å². The maximum absolute atomic E-state index is 6.36. The molecule has 0 spiro atoms. The Bertz CT molecular complexity index is 600. The molecule has 182 valence electrons. The predicted molar refractivity (Wildman–Crippen MR) is 140 cm³/mol. The van der Waals surface area contributed by atoms with Gasteiger partial charge in [-0.15, -0.1) is 0 Å². The lowest BCUT2D eigenvalue weighted by Gasteiger charge is -2.18. The van der Waals surface area contributed by atoms with Gasteiger partial charge in [0, 0.05) is 0 Å². The highest BCUT2D eigenvalue weighted by atomic mass is 16.5. The molecule has 0 aliphatic rings. The van der Waals surface area contributed by atoms with Gasteiger partial charge in [-0.1, -0.05) is 87.8 Å². The van der Waals surface area contributed by atoms with E-state index in [0.29, 0.717) is 12.7 Å². The number of rotatable bonds is 20. The van der Waals surface area contributed by atoms with Gasteiger partial charge < -0.3 is 9.47 Å². The summed E-state index contributed by atoms with van der Waals surface area (Å²) in [6.45, 7) is 7.29. The van der Waals surface area contributed by atoms with Gasteiger partial charge in [-0.3, -0.25) is 0 Å². The zero-order valence-corrected chi connectivity index (χ0v) is 21.5. The zero-order valence-electron chi connectivity index (χ0n) is 21.5. The summed E-state index contributed by atoms with van der Waals surface area (Å²) < 4.78 is 11.6. The van der Waals surface area contributed by atoms with Gasteiger partial charge in [-0.05, 0) is 76.5 Å². The maximum Gasteiger partial charge on any atom is 0.118 e. The van der Waals surface area contributed by atoms with E-state index in [1.54, 1.807) is 7.11 Å². The fourth-order valence-electron chi connectivity index (χ4n) is 3.97. The Kier molecular flexibility index (Phi) is 17.9. The Morgan fingerprint density at radius 2 is 1.47 bits per heavy atom. The van der Waals surface area contributed by atoms with Crippen molar-refractivity contribution in [1.29, 1.82) is 0 Å². The molecule has 2 heteroatoms. The lowest BCUT2D eigenvalue weighted by Crippen LogP contribution is -2.13. The van der Waals surface area contributed by atoms with Gasteiger partial charge in [0.05, 0.1) is 19.8 Å². The molecular formula is C30H50O2. The normalized spacial score (nSPS) is 13.1. The fourth-order valence-corrected chi connectivity index (χ4v) is 3.97. The molecule has 0 fully saturated rings. The van der Waals surface area contributed by atoms with Crippen molar-refractivity contribution in [3.05, 3.63) is 53.6 Å². The van der Waals surface area contributed by atoms with E-state index in [-0.39, 0.29) is 0 Å². The highest BCUT2D eigenvalue weighted by molar-refractivity contribution is 5.26. The van der Waals surface area contributed by atoms with E-state index in [2.05, 4.69) is 51.1 Å². The second-order valence-electron chi connectivity index (χ2n) is 9.09. The summed E-state index contributed by atoms with van der Waals surface area (Å²) in [5.41, 5.74) is 2.77. The van der Waals surface area contributed by atoms with Crippen LogP contribution in [0.25, 0.3) is 0 Å². The van der Waals surface area contributed by atoms with Crippen molar-refractivity contribution < 1.29 is 9.47 Å². The molecule has 0 saturated carbocycles. The van der Waals surface area contributed by atoms with Gasteiger partial charge in [0.15, 0.2) is 0 Å². The summed E-state index contributed by atoms with van der Waals surface area (Å²) in [6.07, 6.45) is 25.3. The molecule has 32 heavy (non-hydrogen) atoms. The van der Waals surface area contributed by atoms with E-state index in [1.807, 2.05) is 12.1 Å². The summed E-state index contributed by atoms with van der Waals surface area (Å²) in [6, 6.07) is 8.27. The summed E-state index contributed by atoms with van der Waals surface area (Å²) >= 11 is 0. The minimum absolute atomic E-state index is 0.385. The minimum atomic E-state index is 0.385. The van der Waals surface area contributed by atoms with E-state index < -0.39 is 0 Å². The minimum Gasteiger partial charge on any atom is -0.497 e. The van der Waals surface area contributed by atoms with E-state index in [4.69, 9.17) is 9.47 Å². The molecular weight excluding hydrogens is 392 g/mol. The number of ether oxygens (including phenoxy) is 2. The van der Waals surface area contributed by atoms with Crippen LogP contribution in [0.1, 0.15) is 116 Å². The molecule has 0 radical (unpaired) electrons. The largest absolute Gasteiger partial charge is 0.497 e. The van der Waals surface area contributed by atoms with E-state index in [0.717, 1.165) is 12.2 Å². The van der Waals surface area contributed by atoms with E-state index >= 15 is 0 Å². The van der Waals surface area contributed by atoms with Crippen LogP contribution >= 0.6 is 0 Å². The molecule has 0 heterocycles. The van der Waals surface area contributed by atoms with Crippen molar-refractivity contribution in [3.63, 3.8) is 0 Å². The molecule has 0 amide bonds. The van der Waals surface area contributed by atoms with Crippen molar-refractivity contribution in [2.45, 2.75) is 123 Å². The van der Waals surface area contributed by atoms with Crippen LogP contribution in [0.4, 0.5) is 0 Å². The van der Waals surface area contributed by atoms with Gasteiger partial charge >= 0.3 is 0 Å². The number of hydrogen-bond acceptors (Lipinski definition) is 2. The average Bonchev–Trinajstić information content (AvgIpc) is 2.83. The third-order valence-corrected chi connectivity index (χ3v) is 6.28. The van der Waals surface area contributed by atoms with E-state index in [9.17, 15) is 0 Å². The number of hydrogen-bond donors (Lipinski definition) is 0. The first kappa shape index (κ1) is 28.5. The summed E-state index contributed by atoms with van der Waals surface area (Å²) in [4.78, 5) is 0. The quantitative estimate of drug-likeness (QED) is 0.148. The average molecular weight is 443 g/mol. The summed E-state index contributed by atoms with van der Waals surface area (Å²) in [5, 5.41) is 0. The second kappa shape index (κ2) is 20.1. The Labute approximate surface area is 199 Å². The molecule has 1 aromatic rings. The summed E-state index contributed by atoms with van der Waals surface area (Å²) in [5.74, 6) is 0.905. The number of allylic oxidation sites excluding steroid dienone is 4. The highest BCUT2D eigenvalue weighted by Gasteiger charge is 2.09. The van der Waals surface area contributed by atoms with Gasteiger partial charge in [0.25, 0.3) is 0 Å². The van der Waals surface area contributed by atoms with Crippen molar-refractivity contribution in [2.24, 2.45) is 0 Å². The van der Waals surface area contributed by atoms with Gasteiger partial charge in [0.1, 0.15) is 5.75 Å². The molecule has 1 aromatic carbocycles. The van der Waals surface area contributed by atoms with Crippen molar-refractivity contribution in [2.75, 3.05) is 7.11 Å². The van der Waals surface area contributed by atoms with Gasteiger partial charge in [0.2, 0.25) is 0 Å². The smallest absolute Gasteiger partial charge is 0.118 e. The molecule has 0 N–H and O–H groups in total. The SMILES string of the molecule is C/C=C(\C)CCCCCCCCCC(CCCC/C=C\CC)OCc1ccc(OC)cc1. The first-order chi connectivity index (χ1) is 15.7. The number of methoxy groups -OCH3 is 1. The molecule has 0 aliphatic carbocycles. The van der Waals surface area contributed by atoms with Crippen LogP contribution in [0.2, 0.25) is 0 Å². The fraction of sp³-hybridized carbons (Fsp3) is 0.667. The van der Waals surface area contributed by atoms with Crippen LogP contribution in [0.3, 0.4) is 0 Å². The molecule has 1 unspecified atom stereocenters. The van der Waals surface area contributed by atoms with Gasteiger partial charge in [-0.25, -0.2) is 0 Å². The van der Waals surface area contributed by atoms with Crippen LogP contribution in [-0.4, -0.2) is 13.2 Å². The van der Waals surface area contributed by atoms with E-state index in [1.165, 1.54) is 94.6 Å². The first-order valence-electron chi connectivity index (χ1n) is 13.2. The first-order valence-corrected chi connectivity index (χ1v) is 13.2. The Morgan fingerprint density at radius 1 is 0.844 bits per heavy atom. The molecule has 0 aromatic heterocycles. The third-order valence-electron chi connectivity index (χ3n) is 6.28. The monoisotopic (exact) mass is 442 g/mol. The Morgan fingerprint density at radius 3 is 2.09 bits per heavy atom. The molecule has 2 nitrogen and oxygen atoms in total. The molecule has 0 bridgehead atoms. The second-order valence-corrected chi connectivity index (χ2v) is 9.09. The van der Waals surface area contributed by atoms with Crippen LogP contribution in [-0.2, 0) is 11.3 Å². The van der Waals surface area contributed by atoms with Crippen molar-refractivity contribution in [1.82, 2.24) is 0 Å². The molecule has 1 rings (SSSR count). The lowest BCUT2D eigenvalue weighted by molar-refractivity contribution is 0.0262. The standard InChI is InChI=1S/C30H50O2/c1-5-7-8-9-14-17-20-30(32-26-28-22-24-29(31-4)25-23-28)21-18-15-12-10-11-13-16-19-27(3)6-2/h6-8,22-25,30H,5,9-21,26H2,1-4H3/b8-7-,27-6+. The predicted octanol–water partition coefficient (Wildman–Crippen LogP) is 9.58. The zero-order chi connectivity index (χ0) is 23.3. The molecule has 1 atom stereocenters. The van der Waals surface area contributed by atoms with Crippen molar-refractivity contribution >= 4 is 0 Å². The summed E-state index contributed by atoms with van der Waals surface area (Å²) in [7, 11) is 1.71. The molecule has 0 aliphatic heterocycles. The number of benzene rings is 1. The van der Waals surface area contributed by atoms with Crippen LogP contribution in [0.5, 0.6) is 5.75 Å². The van der Waals surface area contributed by atoms with Crippen molar-refractivity contribution in [3.8, 4) is 5.75 Å². The van der Waals surface area contributed by atoms with Gasteiger partial charge in [-0.2, -0.15) is 0 Å². The molecule has 0 saturated heterocycles. The number of unbranched alkanes of at least 4 members (excludes halogenated alkanes) is 8. The Hall–Kier alpha value is -1.54. The van der Waals surface area contributed by atoms with Crippen LogP contribution < -0.4 is 4.74 Å². The third kappa shape index (κ3) is 15.3.